The molecule has 0 aliphatic rings. The topological polar surface area (TPSA) is 12.0 Å². The first-order valence-corrected chi connectivity index (χ1v) is 7.55. The summed E-state index contributed by atoms with van der Waals surface area (Å²) in [6.45, 7) is 2.85. The summed E-state index contributed by atoms with van der Waals surface area (Å²) in [6, 6.07) is 14.0. The highest BCUT2D eigenvalue weighted by molar-refractivity contribution is 9.10. The standard InChI is InChI=1S/C15H14BrCl2N/c1-10(12-6-4-8-14(17)15(12)18)19-9-11-5-2-3-7-13(11)16/h2-8,10,19H,9H2,1H3. The molecular weight excluding hydrogens is 345 g/mol. The molecule has 4 heteroatoms. The lowest BCUT2D eigenvalue weighted by Crippen LogP contribution is -2.18. The van der Waals surface area contributed by atoms with Crippen molar-refractivity contribution in [2.24, 2.45) is 0 Å². The van der Waals surface area contributed by atoms with E-state index in [1.165, 1.54) is 5.56 Å². The fourth-order valence-electron chi connectivity index (χ4n) is 1.87. The van der Waals surface area contributed by atoms with Gasteiger partial charge < -0.3 is 5.32 Å². The third kappa shape index (κ3) is 3.73. The van der Waals surface area contributed by atoms with E-state index < -0.39 is 0 Å². The first-order valence-electron chi connectivity index (χ1n) is 6.00. The molecule has 1 N–H and O–H groups in total. The van der Waals surface area contributed by atoms with Crippen LogP contribution in [0.5, 0.6) is 0 Å². The van der Waals surface area contributed by atoms with Gasteiger partial charge >= 0.3 is 0 Å². The van der Waals surface area contributed by atoms with Crippen LogP contribution in [-0.4, -0.2) is 0 Å². The molecule has 0 aromatic heterocycles. The van der Waals surface area contributed by atoms with Crippen LogP contribution >= 0.6 is 39.1 Å². The lowest BCUT2D eigenvalue weighted by atomic mass is 10.1. The predicted molar refractivity (Wildman–Crippen MR) is 85.9 cm³/mol. The molecule has 1 unspecified atom stereocenters. The SMILES string of the molecule is CC(NCc1ccccc1Br)c1cccc(Cl)c1Cl. The maximum atomic E-state index is 6.22. The van der Waals surface area contributed by atoms with Gasteiger partial charge in [-0.15, -0.1) is 0 Å². The number of nitrogens with one attached hydrogen (secondary N) is 1. The van der Waals surface area contributed by atoms with Gasteiger partial charge in [0.05, 0.1) is 10.0 Å². The molecule has 0 spiro atoms. The fourth-order valence-corrected chi connectivity index (χ4v) is 2.77. The van der Waals surface area contributed by atoms with E-state index in [0.29, 0.717) is 10.0 Å². The smallest absolute Gasteiger partial charge is 0.0639 e. The number of hydrogen-bond donors (Lipinski definition) is 1. The Balaban J connectivity index is 2.08. The second-order valence-electron chi connectivity index (χ2n) is 4.34. The van der Waals surface area contributed by atoms with Crippen molar-refractivity contribution in [2.75, 3.05) is 0 Å². The Hall–Kier alpha value is -0.540. The highest BCUT2D eigenvalue weighted by atomic mass is 79.9. The summed E-state index contributed by atoms with van der Waals surface area (Å²) in [4.78, 5) is 0. The number of rotatable bonds is 4. The number of benzene rings is 2. The van der Waals surface area contributed by atoms with Crippen molar-refractivity contribution in [2.45, 2.75) is 19.5 Å². The maximum Gasteiger partial charge on any atom is 0.0639 e. The van der Waals surface area contributed by atoms with Gasteiger partial charge in [0.25, 0.3) is 0 Å². The van der Waals surface area contributed by atoms with E-state index in [-0.39, 0.29) is 6.04 Å². The molecule has 2 rings (SSSR count). The van der Waals surface area contributed by atoms with Crippen molar-refractivity contribution in [1.29, 1.82) is 0 Å². The van der Waals surface area contributed by atoms with Crippen molar-refractivity contribution in [3.05, 3.63) is 68.1 Å². The van der Waals surface area contributed by atoms with Gasteiger partial charge in [0.15, 0.2) is 0 Å². The van der Waals surface area contributed by atoms with Gasteiger partial charge in [-0.1, -0.05) is 69.5 Å². The van der Waals surface area contributed by atoms with Crippen LogP contribution in [0, 0.1) is 0 Å². The van der Waals surface area contributed by atoms with Crippen molar-refractivity contribution in [3.63, 3.8) is 0 Å². The number of halogens is 3. The van der Waals surface area contributed by atoms with E-state index in [1.54, 1.807) is 6.07 Å². The van der Waals surface area contributed by atoms with E-state index in [4.69, 9.17) is 23.2 Å². The van der Waals surface area contributed by atoms with Crippen LogP contribution in [0.3, 0.4) is 0 Å². The summed E-state index contributed by atoms with van der Waals surface area (Å²) in [6.07, 6.45) is 0. The van der Waals surface area contributed by atoms with Crippen LogP contribution in [0.2, 0.25) is 10.0 Å². The minimum absolute atomic E-state index is 0.137. The van der Waals surface area contributed by atoms with Crippen molar-refractivity contribution >= 4 is 39.1 Å². The average Bonchev–Trinajstić information content (AvgIpc) is 2.40. The van der Waals surface area contributed by atoms with Crippen LogP contribution in [-0.2, 0) is 6.54 Å². The molecule has 0 aliphatic heterocycles. The minimum Gasteiger partial charge on any atom is -0.306 e. The molecule has 0 heterocycles. The average molecular weight is 359 g/mol. The Kier molecular flexibility index (Phi) is 5.28. The molecule has 0 bridgehead atoms. The Morgan fingerprint density at radius 3 is 2.58 bits per heavy atom. The molecule has 0 radical (unpaired) electrons. The van der Waals surface area contributed by atoms with Gasteiger partial charge in [-0.3, -0.25) is 0 Å². The zero-order valence-electron chi connectivity index (χ0n) is 10.5. The third-order valence-electron chi connectivity index (χ3n) is 3.00. The van der Waals surface area contributed by atoms with Gasteiger partial charge in [-0.05, 0) is 30.2 Å². The quantitative estimate of drug-likeness (QED) is 0.749. The highest BCUT2D eigenvalue weighted by Gasteiger charge is 2.11. The van der Waals surface area contributed by atoms with Crippen LogP contribution < -0.4 is 5.32 Å². The summed E-state index contributed by atoms with van der Waals surface area (Å²) in [5.74, 6) is 0. The molecule has 0 saturated carbocycles. The molecular formula is C15H14BrCl2N. The molecule has 0 amide bonds. The fraction of sp³-hybridized carbons (Fsp3) is 0.200. The van der Waals surface area contributed by atoms with Gasteiger partial charge in [0.1, 0.15) is 0 Å². The summed E-state index contributed by atoms with van der Waals surface area (Å²) >= 11 is 15.8. The van der Waals surface area contributed by atoms with Crippen LogP contribution in [0.25, 0.3) is 0 Å². The molecule has 100 valence electrons. The molecule has 1 nitrogen and oxygen atoms in total. The molecule has 19 heavy (non-hydrogen) atoms. The Labute approximate surface area is 132 Å². The van der Waals surface area contributed by atoms with E-state index in [1.807, 2.05) is 30.3 Å². The minimum atomic E-state index is 0.137. The Morgan fingerprint density at radius 2 is 1.84 bits per heavy atom. The molecule has 1 atom stereocenters. The first kappa shape index (κ1) is 14.9. The van der Waals surface area contributed by atoms with E-state index in [9.17, 15) is 0 Å². The Morgan fingerprint density at radius 1 is 1.11 bits per heavy atom. The zero-order chi connectivity index (χ0) is 13.8. The van der Waals surface area contributed by atoms with Crippen LogP contribution in [0.15, 0.2) is 46.9 Å². The second kappa shape index (κ2) is 6.76. The van der Waals surface area contributed by atoms with E-state index >= 15 is 0 Å². The molecule has 2 aromatic rings. The van der Waals surface area contributed by atoms with Gasteiger partial charge in [-0.25, -0.2) is 0 Å². The van der Waals surface area contributed by atoms with Crippen LogP contribution in [0.4, 0.5) is 0 Å². The summed E-state index contributed by atoms with van der Waals surface area (Å²) in [7, 11) is 0. The predicted octanol–water partition coefficient (Wildman–Crippen LogP) is 5.61. The van der Waals surface area contributed by atoms with Gasteiger partial charge in [-0.2, -0.15) is 0 Å². The van der Waals surface area contributed by atoms with Crippen molar-refractivity contribution in [1.82, 2.24) is 5.32 Å². The normalized spacial score (nSPS) is 12.4. The maximum absolute atomic E-state index is 6.22. The Bertz CT molecular complexity index is 572. The lowest BCUT2D eigenvalue weighted by Gasteiger charge is -2.17. The first-order chi connectivity index (χ1) is 9.09. The third-order valence-corrected chi connectivity index (χ3v) is 4.61. The lowest BCUT2D eigenvalue weighted by molar-refractivity contribution is 0.574. The van der Waals surface area contributed by atoms with E-state index in [0.717, 1.165) is 16.6 Å². The monoisotopic (exact) mass is 357 g/mol. The van der Waals surface area contributed by atoms with Crippen LogP contribution in [0.1, 0.15) is 24.1 Å². The number of hydrogen-bond acceptors (Lipinski definition) is 1. The summed E-state index contributed by atoms with van der Waals surface area (Å²) in [5, 5.41) is 4.66. The molecule has 0 aliphatic carbocycles. The largest absolute Gasteiger partial charge is 0.306 e. The summed E-state index contributed by atoms with van der Waals surface area (Å²) < 4.78 is 1.10. The van der Waals surface area contributed by atoms with E-state index in [2.05, 4.69) is 34.2 Å². The second-order valence-corrected chi connectivity index (χ2v) is 5.98. The molecule has 0 fully saturated rings. The van der Waals surface area contributed by atoms with Gasteiger partial charge in [0, 0.05) is 17.1 Å². The van der Waals surface area contributed by atoms with Gasteiger partial charge in [0.2, 0.25) is 0 Å². The zero-order valence-corrected chi connectivity index (χ0v) is 13.6. The van der Waals surface area contributed by atoms with Crippen molar-refractivity contribution in [3.8, 4) is 0 Å². The van der Waals surface area contributed by atoms with Crippen molar-refractivity contribution < 1.29 is 0 Å². The molecule has 2 aromatic carbocycles. The molecule has 0 saturated heterocycles. The highest BCUT2D eigenvalue weighted by Crippen LogP contribution is 2.30. The summed E-state index contributed by atoms with van der Waals surface area (Å²) in [5.41, 5.74) is 2.23.